The van der Waals surface area contributed by atoms with Crippen LogP contribution in [0.5, 0.6) is 0 Å². The van der Waals surface area contributed by atoms with Crippen molar-refractivity contribution in [3.8, 4) is 0 Å². The normalized spacial score (nSPS) is 45.0. The van der Waals surface area contributed by atoms with E-state index in [1.807, 2.05) is 13.0 Å². The standard InChI is InChI=1S/C15H22O2/c1-6-15(5)8-13-11(7-12(15)9(2)3)10(4)14(16)17-13/h6,10-13H,1-2,7-8H2,3-5H3/t10-,11-,12+,13+,15-/m1/s1. The van der Waals surface area contributed by atoms with Crippen LogP contribution < -0.4 is 0 Å². The Bertz CT molecular complexity index is 371. The van der Waals surface area contributed by atoms with Crippen LogP contribution in [0.1, 0.15) is 33.6 Å². The topological polar surface area (TPSA) is 26.3 Å². The summed E-state index contributed by atoms with van der Waals surface area (Å²) in [6, 6.07) is 0. The average molecular weight is 234 g/mol. The van der Waals surface area contributed by atoms with Crippen molar-refractivity contribution in [3.63, 3.8) is 0 Å². The molecule has 2 heteroatoms. The second kappa shape index (κ2) is 4.01. The third-order valence-corrected chi connectivity index (χ3v) is 4.77. The van der Waals surface area contributed by atoms with Crippen LogP contribution in [0.2, 0.25) is 0 Å². The molecule has 17 heavy (non-hydrogen) atoms. The maximum Gasteiger partial charge on any atom is 0.309 e. The van der Waals surface area contributed by atoms with Crippen LogP contribution in [0.25, 0.3) is 0 Å². The highest BCUT2D eigenvalue weighted by Crippen LogP contribution is 2.52. The number of hydrogen-bond donors (Lipinski definition) is 0. The van der Waals surface area contributed by atoms with Crippen molar-refractivity contribution in [2.45, 2.75) is 39.7 Å². The van der Waals surface area contributed by atoms with E-state index in [2.05, 4.69) is 27.0 Å². The van der Waals surface area contributed by atoms with Gasteiger partial charge in [0, 0.05) is 5.92 Å². The number of allylic oxidation sites excluding steroid dienone is 2. The van der Waals surface area contributed by atoms with Crippen LogP contribution in [0, 0.1) is 23.2 Å². The maximum absolute atomic E-state index is 11.6. The van der Waals surface area contributed by atoms with Gasteiger partial charge in [-0.1, -0.05) is 32.1 Å². The lowest BCUT2D eigenvalue weighted by molar-refractivity contribution is -0.145. The summed E-state index contributed by atoms with van der Waals surface area (Å²) in [6.07, 6.45) is 3.97. The molecule has 1 heterocycles. The van der Waals surface area contributed by atoms with Gasteiger partial charge in [0.2, 0.25) is 0 Å². The SMILES string of the molecule is C=C[C@]1(C)C[C@@H]2OC(=O)[C@H](C)[C@H]2C[C@H]1C(=C)C. The van der Waals surface area contributed by atoms with Crippen LogP contribution in [-0.4, -0.2) is 12.1 Å². The summed E-state index contributed by atoms with van der Waals surface area (Å²) >= 11 is 0. The lowest BCUT2D eigenvalue weighted by atomic mass is 9.60. The Morgan fingerprint density at radius 2 is 2.24 bits per heavy atom. The maximum atomic E-state index is 11.6. The van der Waals surface area contributed by atoms with Crippen molar-refractivity contribution in [2.75, 3.05) is 0 Å². The first-order valence-electron chi connectivity index (χ1n) is 6.38. The van der Waals surface area contributed by atoms with E-state index in [1.165, 1.54) is 5.57 Å². The molecule has 2 rings (SSSR count). The van der Waals surface area contributed by atoms with E-state index in [1.54, 1.807) is 0 Å². The molecule has 2 fully saturated rings. The Morgan fingerprint density at radius 3 is 2.76 bits per heavy atom. The van der Waals surface area contributed by atoms with Crippen molar-refractivity contribution in [3.05, 3.63) is 24.8 Å². The molecule has 5 atom stereocenters. The van der Waals surface area contributed by atoms with Crippen LogP contribution in [-0.2, 0) is 9.53 Å². The van der Waals surface area contributed by atoms with Gasteiger partial charge in [-0.3, -0.25) is 4.79 Å². The molecule has 0 spiro atoms. The molecule has 94 valence electrons. The molecule has 1 aliphatic heterocycles. The number of carbonyl (C=O) groups is 1. The number of rotatable bonds is 2. The first-order valence-corrected chi connectivity index (χ1v) is 6.38. The van der Waals surface area contributed by atoms with Gasteiger partial charge < -0.3 is 4.74 Å². The smallest absolute Gasteiger partial charge is 0.309 e. The minimum absolute atomic E-state index is 0.0112. The third kappa shape index (κ3) is 1.84. The van der Waals surface area contributed by atoms with Crippen LogP contribution >= 0.6 is 0 Å². The summed E-state index contributed by atoms with van der Waals surface area (Å²) in [5.74, 6) is 0.778. The van der Waals surface area contributed by atoms with E-state index in [0.717, 1.165) is 12.8 Å². The lowest BCUT2D eigenvalue weighted by Gasteiger charge is -2.44. The van der Waals surface area contributed by atoms with Gasteiger partial charge >= 0.3 is 5.97 Å². The molecule has 0 aromatic rings. The van der Waals surface area contributed by atoms with Crippen LogP contribution in [0.3, 0.4) is 0 Å². The fraction of sp³-hybridized carbons (Fsp3) is 0.667. The number of ether oxygens (including phenoxy) is 1. The molecule has 2 aliphatic rings. The number of fused-ring (bicyclic) bond motifs is 1. The van der Waals surface area contributed by atoms with Gasteiger partial charge in [-0.2, -0.15) is 0 Å². The summed E-state index contributed by atoms with van der Waals surface area (Å²) in [5, 5.41) is 0. The van der Waals surface area contributed by atoms with Gasteiger partial charge in [0.1, 0.15) is 6.10 Å². The van der Waals surface area contributed by atoms with E-state index in [9.17, 15) is 4.79 Å². The Morgan fingerprint density at radius 1 is 1.59 bits per heavy atom. The molecule has 1 saturated heterocycles. The first kappa shape index (κ1) is 12.4. The summed E-state index contributed by atoms with van der Waals surface area (Å²) < 4.78 is 5.49. The van der Waals surface area contributed by atoms with E-state index in [0.29, 0.717) is 11.8 Å². The lowest BCUT2D eigenvalue weighted by Crippen LogP contribution is -2.41. The highest BCUT2D eigenvalue weighted by atomic mass is 16.6. The molecule has 0 aromatic heterocycles. The summed E-state index contributed by atoms with van der Waals surface area (Å²) in [4.78, 5) is 11.6. The Kier molecular flexibility index (Phi) is 2.92. The zero-order valence-corrected chi connectivity index (χ0v) is 11.0. The Labute approximate surface area is 104 Å². The fourth-order valence-electron chi connectivity index (χ4n) is 3.50. The molecular weight excluding hydrogens is 212 g/mol. The third-order valence-electron chi connectivity index (χ3n) is 4.77. The minimum Gasteiger partial charge on any atom is -0.462 e. The van der Waals surface area contributed by atoms with Crippen molar-refractivity contribution in [1.82, 2.24) is 0 Å². The molecule has 0 radical (unpaired) electrons. The highest BCUT2D eigenvalue weighted by molar-refractivity contribution is 5.75. The molecule has 0 unspecified atom stereocenters. The van der Waals surface area contributed by atoms with Gasteiger partial charge in [0.25, 0.3) is 0 Å². The largest absolute Gasteiger partial charge is 0.462 e. The highest BCUT2D eigenvalue weighted by Gasteiger charge is 2.51. The van der Waals surface area contributed by atoms with Crippen LogP contribution in [0.4, 0.5) is 0 Å². The van der Waals surface area contributed by atoms with Gasteiger partial charge in [-0.05, 0) is 31.1 Å². The zero-order chi connectivity index (χ0) is 12.8. The van der Waals surface area contributed by atoms with E-state index in [4.69, 9.17) is 4.74 Å². The predicted octanol–water partition coefficient (Wildman–Crippen LogP) is 3.34. The summed E-state index contributed by atoms with van der Waals surface area (Å²) in [5.41, 5.74) is 1.20. The number of hydrogen-bond acceptors (Lipinski definition) is 2. The van der Waals surface area contributed by atoms with Crippen molar-refractivity contribution in [1.29, 1.82) is 0 Å². The van der Waals surface area contributed by atoms with Gasteiger partial charge in [0.05, 0.1) is 5.92 Å². The average Bonchev–Trinajstić information content (AvgIpc) is 2.53. The number of carbonyl (C=O) groups excluding carboxylic acids is 1. The van der Waals surface area contributed by atoms with Gasteiger partial charge in [0.15, 0.2) is 0 Å². The minimum atomic E-state index is -0.0335. The van der Waals surface area contributed by atoms with Crippen molar-refractivity contribution >= 4 is 5.97 Å². The zero-order valence-electron chi connectivity index (χ0n) is 11.0. The second-order valence-corrected chi connectivity index (χ2v) is 5.98. The molecule has 0 aromatic carbocycles. The quantitative estimate of drug-likeness (QED) is 0.541. The molecule has 0 N–H and O–H groups in total. The molecule has 2 nitrogen and oxygen atoms in total. The van der Waals surface area contributed by atoms with Gasteiger partial charge in [-0.25, -0.2) is 0 Å². The van der Waals surface area contributed by atoms with E-state index < -0.39 is 0 Å². The van der Waals surface area contributed by atoms with E-state index in [-0.39, 0.29) is 23.4 Å². The van der Waals surface area contributed by atoms with Crippen molar-refractivity contribution < 1.29 is 9.53 Å². The fourth-order valence-corrected chi connectivity index (χ4v) is 3.50. The Balaban J connectivity index is 2.29. The molecular formula is C15H22O2. The summed E-state index contributed by atoms with van der Waals surface area (Å²) in [6.45, 7) is 14.3. The van der Waals surface area contributed by atoms with Gasteiger partial charge in [-0.15, -0.1) is 6.58 Å². The summed E-state index contributed by atoms with van der Waals surface area (Å²) in [7, 11) is 0. The number of esters is 1. The second-order valence-electron chi connectivity index (χ2n) is 5.98. The van der Waals surface area contributed by atoms with Crippen molar-refractivity contribution in [2.24, 2.45) is 23.2 Å². The molecule has 0 amide bonds. The molecule has 0 bridgehead atoms. The molecule has 1 saturated carbocycles. The molecule has 1 aliphatic carbocycles. The van der Waals surface area contributed by atoms with E-state index >= 15 is 0 Å². The predicted molar refractivity (Wildman–Crippen MR) is 68.4 cm³/mol. The first-order chi connectivity index (χ1) is 7.89. The Hall–Kier alpha value is -1.05. The van der Waals surface area contributed by atoms with Crippen LogP contribution in [0.15, 0.2) is 24.8 Å². The monoisotopic (exact) mass is 234 g/mol.